The molecule has 1 aliphatic heterocycles. The molecule has 0 atom stereocenters. The third kappa shape index (κ3) is 3.12. The van der Waals surface area contributed by atoms with Gasteiger partial charge in [-0.3, -0.25) is 15.2 Å². The van der Waals surface area contributed by atoms with Gasteiger partial charge in [0, 0.05) is 18.8 Å². The van der Waals surface area contributed by atoms with Crippen molar-refractivity contribution in [2.45, 2.75) is 26.2 Å². The molecule has 14 heavy (non-hydrogen) atoms. The van der Waals surface area contributed by atoms with Crippen LogP contribution in [-0.2, 0) is 4.79 Å². The van der Waals surface area contributed by atoms with Crippen LogP contribution in [0.3, 0.4) is 0 Å². The molecule has 0 radical (unpaired) electrons. The van der Waals surface area contributed by atoms with Crippen molar-refractivity contribution in [3.63, 3.8) is 0 Å². The lowest BCUT2D eigenvalue weighted by molar-refractivity contribution is -0.125. The average molecular weight is 195 g/mol. The number of nitrogens with one attached hydrogen (secondary N) is 1. The molecule has 0 spiro atoms. The third-order valence-corrected chi connectivity index (χ3v) is 2.01. The lowest BCUT2D eigenvalue weighted by atomic mass is 10.2. The van der Waals surface area contributed by atoms with Gasteiger partial charge in [0.2, 0.25) is 5.91 Å². The Morgan fingerprint density at radius 3 is 3.00 bits per heavy atom. The molecular weight excluding hydrogens is 178 g/mol. The van der Waals surface area contributed by atoms with Crippen LogP contribution in [-0.4, -0.2) is 22.5 Å². The molecule has 0 aromatic rings. The quantitative estimate of drug-likeness (QED) is 0.720. The van der Waals surface area contributed by atoms with Gasteiger partial charge >= 0.3 is 0 Å². The minimum absolute atomic E-state index is 0.0717. The molecule has 1 amide bonds. The molecule has 78 valence electrons. The van der Waals surface area contributed by atoms with E-state index in [1.54, 1.807) is 11.2 Å². The zero-order valence-electron chi connectivity index (χ0n) is 8.57. The predicted molar refractivity (Wildman–Crippen MR) is 55.5 cm³/mol. The van der Waals surface area contributed by atoms with Gasteiger partial charge in [-0.1, -0.05) is 19.9 Å². The molecule has 0 bridgehead atoms. The highest BCUT2D eigenvalue weighted by atomic mass is 16.2. The third-order valence-electron chi connectivity index (χ3n) is 2.01. The fourth-order valence-corrected chi connectivity index (χ4v) is 1.18. The number of rotatable bonds is 5. The number of hydrogen-bond acceptors (Lipinski definition) is 3. The highest BCUT2D eigenvalue weighted by Gasteiger charge is 2.11. The molecular formula is C10H17N3O. The summed E-state index contributed by atoms with van der Waals surface area (Å²) in [6.07, 6.45) is 7.98. The number of nitrogens with zero attached hydrogens (tertiary/aromatic N) is 2. The van der Waals surface area contributed by atoms with E-state index in [-0.39, 0.29) is 5.91 Å². The molecule has 0 aromatic carbocycles. The van der Waals surface area contributed by atoms with Gasteiger partial charge in [0.1, 0.15) is 6.67 Å². The number of hydrazine groups is 1. The SMILES string of the molecule is C=CN1C=CN(NC(=O)CCCC)C1. The normalized spacial score (nSPS) is 14.6. The second kappa shape index (κ2) is 5.32. The zero-order chi connectivity index (χ0) is 10.4. The summed E-state index contributed by atoms with van der Waals surface area (Å²) in [6.45, 7) is 6.35. The number of hydrogen-bond donors (Lipinski definition) is 1. The van der Waals surface area contributed by atoms with E-state index in [0.29, 0.717) is 13.1 Å². The van der Waals surface area contributed by atoms with Gasteiger partial charge in [-0.25, -0.2) is 0 Å². The van der Waals surface area contributed by atoms with Gasteiger partial charge < -0.3 is 4.90 Å². The summed E-state index contributed by atoms with van der Waals surface area (Å²) in [6, 6.07) is 0. The monoisotopic (exact) mass is 195 g/mol. The van der Waals surface area contributed by atoms with E-state index in [1.807, 2.05) is 17.3 Å². The van der Waals surface area contributed by atoms with Crippen molar-refractivity contribution >= 4 is 5.91 Å². The van der Waals surface area contributed by atoms with Crippen LogP contribution in [0.2, 0.25) is 0 Å². The van der Waals surface area contributed by atoms with Crippen LogP contribution in [0, 0.1) is 0 Å². The number of carbonyl (C=O) groups excluding carboxylic acids is 1. The van der Waals surface area contributed by atoms with E-state index >= 15 is 0 Å². The molecule has 4 nitrogen and oxygen atoms in total. The first kappa shape index (κ1) is 10.6. The Morgan fingerprint density at radius 1 is 1.64 bits per heavy atom. The van der Waals surface area contributed by atoms with E-state index in [4.69, 9.17) is 0 Å². The molecule has 1 aliphatic rings. The second-order valence-electron chi connectivity index (χ2n) is 3.24. The van der Waals surface area contributed by atoms with Crippen LogP contribution < -0.4 is 5.43 Å². The van der Waals surface area contributed by atoms with Crippen LogP contribution in [0.4, 0.5) is 0 Å². The van der Waals surface area contributed by atoms with Crippen LogP contribution in [0.1, 0.15) is 26.2 Å². The highest BCUT2D eigenvalue weighted by molar-refractivity contribution is 5.75. The first-order valence-electron chi connectivity index (χ1n) is 4.89. The summed E-state index contributed by atoms with van der Waals surface area (Å²) in [5.41, 5.74) is 2.80. The Labute approximate surface area is 84.8 Å². The summed E-state index contributed by atoms with van der Waals surface area (Å²) in [4.78, 5) is 13.2. The Balaban J connectivity index is 2.22. The lowest BCUT2D eigenvalue weighted by Gasteiger charge is -2.19. The molecule has 0 aromatic heterocycles. The second-order valence-corrected chi connectivity index (χ2v) is 3.24. The van der Waals surface area contributed by atoms with Gasteiger partial charge in [-0.15, -0.1) is 0 Å². The number of carbonyl (C=O) groups is 1. The van der Waals surface area contributed by atoms with Crippen molar-refractivity contribution in [1.29, 1.82) is 0 Å². The van der Waals surface area contributed by atoms with Gasteiger partial charge in [0.25, 0.3) is 0 Å². The molecule has 0 unspecified atom stereocenters. The van der Waals surface area contributed by atoms with Crippen molar-refractivity contribution in [1.82, 2.24) is 15.3 Å². The van der Waals surface area contributed by atoms with E-state index in [2.05, 4.69) is 18.9 Å². The summed E-state index contributed by atoms with van der Waals surface area (Å²) in [5, 5.41) is 1.75. The molecule has 0 saturated heterocycles. The van der Waals surface area contributed by atoms with Crippen LogP contribution in [0.25, 0.3) is 0 Å². The maximum Gasteiger partial charge on any atom is 0.238 e. The van der Waals surface area contributed by atoms with Crippen molar-refractivity contribution < 1.29 is 4.79 Å². The maximum absolute atomic E-state index is 11.3. The van der Waals surface area contributed by atoms with E-state index in [9.17, 15) is 4.79 Å². The highest BCUT2D eigenvalue weighted by Crippen LogP contribution is 2.03. The van der Waals surface area contributed by atoms with Crippen LogP contribution in [0.15, 0.2) is 25.2 Å². The van der Waals surface area contributed by atoms with Gasteiger partial charge in [-0.2, -0.15) is 0 Å². The minimum atomic E-state index is 0.0717. The molecule has 0 fully saturated rings. The molecule has 4 heteroatoms. The number of unbranched alkanes of at least 4 members (excludes halogenated alkanes) is 1. The van der Waals surface area contributed by atoms with Crippen molar-refractivity contribution in [3.8, 4) is 0 Å². The smallest absolute Gasteiger partial charge is 0.238 e. The van der Waals surface area contributed by atoms with Crippen LogP contribution >= 0.6 is 0 Å². The topological polar surface area (TPSA) is 35.6 Å². The Morgan fingerprint density at radius 2 is 2.43 bits per heavy atom. The van der Waals surface area contributed by atoms with Gasteiger partial charge in [-0.05, 0) is 12.6 Å². The fraction of sp³-hybridized carbons (Fsp3) is 0.500. The van der Waals surface area contributed by atoms with Crippen molar-refractivity contribution in [3.05, 3.63) is 25.2 Å². The average Bonchev–Trinajstić information content (AvgIpc) is 2.62. The standard InChI is InChI=1S/C10H17N3O/c1-3-5-6-10(14)11-13-8-7-12(4-2)9-13/h4,7-8H,2-3,5-6,9H2,1H3,(H,11,14). The lowest BCUT2D eigenvalue weighted by Crippen LogP contribution is -2.39. The molecule has 1 heterocycles. The first-order chi connectivity index (χ1) is 6.76. The molecule has 0 saturated carbocycles. The Bertz CT molecular complexity index is 238. The predicted octanol–water partition coefficient (Wildman–Crippen LogP) is 1.40. The van der Waals surface area contributed by atoms with Crippen molar-refractivity contribution in [2.75, 3.05) is 6.67 Å². The molecule has 0 aliphatic carbocycles. The summed E-state index contributed by atoms with van der Waals surface area (Å²) < 4.78 is 0. The molecule has 1 N–H and O–H groups in total. The van der Waals surface area contributed by atoms with E-state index in [1.165, 1.54) is 0 Å². The van der Waals surface area contributed by atoms with E-state index < -0.39 is 0 Å². The summed E-state index contributed by atoms with van der Waals surface area (Å²) in [7, 11) is 0. The summed E-state index contributed by atoms with van der Waals surface area (Å²) >= 11 is 0. The zero-order valence-corrected chi connectivity index (χ0v) is 8.57. The van der Waals surface area contributed by atoms with Gasteiger partial charge in [0.15, 0.2) is 0 Å². The Kier molecular flexibility index (Phi) is 4.04. The molecule has 1 rings (SSSR count). The maximum atomic E-state index is 11.3. The Hall–Kier alpha value is -1.45. The largest absolute Gasteiger partial charge is 0.334 e. The summed E-state index contributed by atoms with van der Waals surface area (Å²) in [5.74, 6) is 0.0717. The number of amides is 1. The van der Waals surface area contributed by atoms with E-state index in [0.717, 1.165) is 12.8 Å². The van der Waals surface area contributed by atoms with Crippen LogP contribution in [0.5, 0.6) is 0 Å². The van der Waals surface area contributed by atoms with Gasteiger partial charge in [0.05, 0.1) is 0 Å². The van der Waals surface area contributed by atoms with Crippen molar-refractivity contribution in [2.24, 2.45) is 0 Å². The fourth-order valence-electron chi connectivity index (χ4n) is 1.18. The minimum Gasteiger partial charge on any atom is -0.334 e. The first-order valence-corrected chi connectivity index (χ1v) is 4.89.